The summed E-state index contributed by atoms with van der Waals surface area (Å²) in [6.07, 6.45) is -4.71. The van der Waals surface area contributed by atoms with Gasteiger partial charge in [-0.05, 0) is 48.5 Å². The predicted molar refractivity (Wildman–Crippen MR) is 121 cm³/mol. The summed E-state index contributed by atoms with van der Waals surface area (Å²) in [5.74, 6) is -0.110. The third-order valence-corrected chi connectivity index (χ3v) is 4.19. The van der Waals surface area contributed by atoms with E-state index < -0.39 is 6.36 Å². The molecule has 0 saturated carbocycles. The van der Waals surface area contributed by atoms with Crippen LogP contribution in [0.25, 0.3) is 0 Å². The number of rotatable bonds is 8. The Hall–Kier alpha value is -2.01. The maximum absolute atomic E-state index is 12.2. The molecule has 160 valence electrons. The third kappa shape index (κ3) is 8.90. The maximum atomic E-state index is 12.2. The molecule has 0 amide bonds. The van der Waals surface area contributed by atoms with Gasteiger partial charge >= 0.3 is 6.36 Å². The van der Waals surface area contributed by atoms with Crippen LogP contribution >= 0.6 is 24.0 Å². The first-order chi connectivity index (χ1) is 13.3. The standard InChI is InChI=1S/C20H25F3N4O.HI/c1-3-27(4-2)14-16-8-6-5-7-15(16)13-25-19(24)26-17-9-11-18(12-10-17)28-20(21,22)23;/h5-12H,3-4,13-14H2,1-2H3,(H3,24,25,26);1H. The maximum Gasteiger partial charge on any atom is 0.573 e. The summed E-state index contributed by atoms with van der Waals surface area (Å²) in [4.78, 5) is 6.66. The molecule has 2 rings (SSSR count). The Kier molecular flexibility index (Phi) is 10.2. The average molecular weight is 522 g/mol. The highest BCUT2D eigenvalue weighted by atomic mass is 127. The molecule has 0 aliphatic rings. The van der Waals surface area contributed by atoms with Gasteiger partial charge in [-0.2, -0.15) is 0 Å². The minimum Gasteiger partial charge on any atom is -0.406 e. The van der Waals surface area contributed by atoms with Crippen molar-refractivity contribution in [2.75, 3.05) is 18.4 Å². The lowest BCUT2D eigenvalue weighted by molar-refractivity contribution is -0.274. The highest BCUT2D eigenvalue weighted by Crippen LogP contribution is 2.23. The van der Waals surface area contributed by atoms with Crippen molar-refractivity contribution in [3.63, 3.8) is 0 Å². The molecule has 5 nitrogen and oxygen atoms in total. The van der Waals surface area contributed by atoms with Crippen LogP contribution in [0, 0.1) is 0 Å². The quantitative estimate of drug-likeness (QED) is 0.292. The lowest BCUT2D eigenvalue weighted by Crippen LogP contribution is -2.24. The Morgan fingerprint density at radius 2 is 1.62 bits per heavy atom. The van der Waals surface area contributed by atoms with Crippen LogP contribution in [-0.2, 0) is 13.1 Å². The molecule has 0 unspecified atom stereocenters. The fourth-order valence-corrected chi connectivity index (χ4v) is 2.65. The van der Waals surface area contributed by atoms with Gasteiger partial charge in [-0.3, -0.25) is 4.90 Å². The van der Waals surface area contributed by atoms with Crippen molar-refractivity contribution in [2.24, 2.45) is 10.7 Å². The van der Waals surface area contributed by atoms with E-state index in [0.717, 1.165) is 25.2 Å². The molecule has 0 bridgehead atoms. The molecule has 0 fully saturated rings. The summed E-state index contributed by atoms with van der Waals surface area (Å²) >= 11 is 0. The zero-order chi connectivity index (χ0) is 20.6. The fourth-order valence-electron chi connectivity index (χ4n) is 2.65. The summed E-state index contributed by atoms with van der Waals surface area (Å²) in [7, 11) is 0. The van der Waals surface area contributed by atoms with Crippen LogP contribution in [0.1, 0.15) is 25.0 Å². The Balaban J connectivity index is 0.00000420. The summed E-state index contributed by atoms with van der Waals surface area (Å²) < 4.78 is 40.4. The highest BCUT2D eigenvalue weighted by molar-refractivity contribution is 14.0. The number of hydrogen-bond donors (Lipinski definition) is 2. The number of nitrogens with zero attached hydrogens (tertiary/aromatic N) is 2. The highest BCUT2D eigenvalue weighted by Gasteiger charge is 2.30. The first-order valence-corrected chi connectivity index (χ1v) is 9.02. The minimum atomic E-state index is -4.71. The van der Waals surface area contributed by atoms with Crippen LogP contribution in [-0.4, -0.2) is 30.3 Å². The number of nitrogens with one attached hydrogen (secondary N) is 1. The molecule has 2 aromatic rings. The molecule has 0 spiro atoms. The van der Waals surface area contributed by atoms with E-state index in [4.69, 9.17) is 5.73 Å². The SMILES string of the molecule is CCN(CC)Cc1ccccc1CN=C(N)Nc1ccc(OC(F)(F)F)cc1.I. The fraction of sp³-hybridized carbons (Fsp3) is 0.350. The summed E-state index contributed by atoms with van der Waals surface area (Å²) in [6, 6.07) is 13.4. The molecule has 0 aliphatic carbocycles. The van der Waals surface area contributed by atoms with Gasteiger partial charge in [0.05, 0.1) is 6.54 Å². The molecule has 9 heteroatoms. The van der Waals surface area contributed by atoms with Crippen molar-refractivity contribution in [1.29, 1.82) is 0 Å². The molecule has 29 heavy (non-hydrogen) atoms. The van der Waals surface area contributed by atoms with E-state index in [0.29, 0.717) is 12.2 Å². The van der Waals surface area contributed by atoms with Crippen molar-refractivity contribution in [2.45, 2.75) is 33.3 Å². The lowest BCUT2D eigenvalue weighted by Gasteiger charge is -2.19. The number of hydrogen-bond acceptors (Lipinski definition) is 3. The number of anilines is 1. The zero-order valence-corrected chi connectivity index (χ0v) is 18.7. The van der Waals surface area contributed by atoms with Gasteiger partial charge in [0.15, 0.2) is 5.96 Å². The van der Waals surface area contributed by atoms with Gasteiger partial charge in [0.1, 0.15) is 5.75 Å². The van der Waals surface area contributed by atoms with Gasteiger partial charge in [0.2, 0.25) is 0 Å². The average Bonchev–Trinajstić information content (AvgIpc) is 2.65. The number of guanidine groups is 1. The van der Waals surface area contributed by atoms with Crippen LogP contribution in [0.4, 0.5) is 18.9 Å². The minimum absolute atomic E-state index is 0. The van der Waals surface area contributed by atoms with E-state index in [2.05, 4.69) is 39.9 Å². The Morgan fingerprint density at radius 1 is 1.03 bits per heavy atom. The molecular formula is C20H26F3IN4O. The second-order valence-electron chi connectivity index (χ2n) is 6.13. The monoisotopic (exact) mass is 522 g/mol. The third-order valence-electron chi connectivity index (χ3n) is 4.19. The van der Waals surface area contributed by atoms with Gasteiger partial charge < -0.3 is 15.8 Å². The number of alkyl halides is 3. The zero-order valence-electron chi connectivity index (χ0n) is 16.4. The second kappa shape index (κ2) is 11.9. The molecule has 0 saturated heterocycles. The topological polar surface area (TPSA) is 62.9 Å². The van der Waals surface area contributed by atoms with Crippen LogP contribution < -0.4 is 15.8 Å². The largest absolute Gasteiger partial charge is 0.573 e. The van der Waals surface area contributed by atoms with Crippen molar-refractivity contribution in [3.05, 3.63) is 59.7 Å². The Labute approximate surface area is 186 Å². The molecule has 0 aromatic heterocycles. The van der Waals surface area contributed by atoms with E-state index in [1.807, 2.05) is 18.2 Å². The summed E-state index contributed by atoms with van der Waals surface area (Å²) in [5, 5.41) is 2.87. The molecule has 2 aromatic carbocycles. The molecule has 0 heterocycles. The van der Waals surface area contributed by atoms with Crippen molar-refractivity contribution in [1.82, 2.24) is 4.90 Å². The number of benzene rings is 2. The van der Waals surface area contributed by atoms with Crippen LogP contribution in [0.5, 0.6) is 5.75 Å². The van der Waals surface area contributed by atoms with Crippen LogP contribution in [0.15, 0.2) is 53.5 Å². The normalized spacial score (nSPS) is 11.9. The molecule has 0 aliphatic heterocycles. The second-order valence-corrected chi connectivity index (χ2v) is 6.13. The van der Waals surface area contributed by atoms with Crippen molar-refractivity contribution in [3.8, 4) is 5.75 Å². The number of halogens is 4. The van der Waals surface area contributed by atoms with E-state index in [-0.39, 0.29) is 35.7 Å². The Morgan fingerprint density at radius 3 is 2.17 bits per heavy atom. The van der Waals surface area contributed by atoms with Gasteiger partial charge in [-0.1, -0.05) is 38.1 Å². The van der Waals surface area contributed by atoms with Crippen LogP contribution in [0.2, 0.25) is 0 Å². The summed E-state index contributed by atoms with van der Waals surface area (Å²) in [5.41, 5.74) is 8.70. The van der Waals surface area contributed by atoms with Gasteiger partial charge in [-0.15, -0.1) is 37.1 Å². The molecule has 0 radical (unpaired) electrons. The first kappa shape index (κ1) is 25.0. The van der Waals surface area contributed by atoms with E-state index >= 15 is 0 Å². The van der Waals surface area contributed by atoms with E-state index in [1.165, 1.54) is 29.8 Å². The first-order valence-electron chi connectivity index (χ1n) is 9.02. The number of ether oxygens (including phenoxy) is 1. The molecule has 3 N–H and O–H groups in total. The lowest BCUT2D eigenvalue weighted by atomic mass is 10.1. The van der Waals surface area contributed by atoms with Gasteiger partial charge in [0.25, 0.3) is 0 Å². The van der Waals surface area contributed by atoms with Gasteiger partial charge in [0, 0.05) is 12.2 Å². The predicted octanol–water partition coefficient (Wildman–Crippen LogP) is 4.97. The van der Waals surface area contributed by atoms with Crippen LogP contribution in [0.3, 0.4) is 0 Å². The number of aliphatic imine (C=N–C) groups is 1. The van der Waals surface area contributed by atoms with E-state index in [9.17, 15) is 13.2 Å². The van der Waals surface area contributed by atoms with E-state index in [1.54, 1.807) is 0 Å². The molecular weight excluding hydrogens is 496 g/mol. The van der Waals surface area contributed by atoms with Crippen molar-refractivity contribution >= 4 is 35.6 Å². The Bertz CT molecular complexity index is 778. The van der Waals surface area contributed by atoms with Crippen molar-refractivity contribution < 1.29 is 17.9 Å². The smallest absolute Gasteiger partial charge is 0.406 e. The summed E-state index contributed by atoms with van der Waals surface area (Å²) in [6.45, 7) is 7.42. The number of nitrogens with two attached hydrogens (primary N) is 1. The molecule has 0 atom stereocenters. The van der Waals surface area contributed by atoms with Gasteiger partial charge in [-0.25, -0.2) is 4.99 Å².